The Hall–Kier alpha value is -2.60. The maximum atomic E-state index is 13.4. The molecule has 0 aliphatic carbocycles. The third-order valence-corrected chi connectivity index (χ3v) is 7.24. The predicted octanol–water partition coefficient (Wildman–Crippen LogP) is 4.02. The molecule has 178 valence electrons. The molecule has 3 aromatic rings. The molecule has 0 unspecified atom stereocenters. The van der Waals surface area contributed by atoms with Gasteiger partial charge in [0.2, 0.25) is 0 Å². The number of nitro groups is 1. The second-order valence-corrected chi connectivity index (χ2v) is 10.2. The molecule has 0 saturated heterocycles. The van der Waals surface area contributed by atoms with E-state index in [1.54, 1.807) is 12.1 Å². The third kappa shape index (κ3) is 6.26. The van der Waals surface area contributed by atoms with Crippen molar-refractivity contribution in [3.8, 4) is 0 Å². The first-order valence-electron chi connectivity index (χ1n) is 10.0. The zero-order valence-electron chi connectivity index (χ0n) is 18.4. The lowest BCUT2D eigenvalue weighted by atomic mass is 10.2. The summed E-state index contributed by atoms with van der Waals surface area (Å²) >= 11 is 1.19. The van der Waals surface area contributed by atoms with Gasteiger partial charge in [-0.2, -0.15) is 0 Å². The number of thiazole rings is 1. The Bertz CT molecular complexity index is 1260. The number of nitro benzene ring substituents is 1. The molecule has 0 bridgehead atoms. The summed E-state index contributed by atoms with van der Waals surface area (Å²) in [6.45, 7) is 6.62. The minimum Gasteiger partial charge on any atom is -0.302 e. The van der Waals surface area contributed by atoms with E-state index in [1.807, 2.05) is 13.8 Å². The van der Waals surface area contributed by atoms with Crippen LogP contribution in [0.3, 0.4) is 0 Å². The number of carbonyl (C=O) groups is 1. The number of fused-ring (bicyclic) bond motifs is 1. The highest BCUT2D eigenvalue weighted by Gasteiger charge is 2.23. The molecule has 0 atom stereocenters. The lowest BCUT2D eigenvalue weighted by Crippen LogP contribution is -2.38. The third-order valence-electron chi connectivity index (χ3n) is 5.09. The van der Waals surface area contributed by atoms with Gasteiger partial charge in [-0.1, -0.05) is 31.3 Å². The molecule has 0 saturated carbocycles. The summed E-state index contributed by atoms with van der Waals surface area (Å²) in [5, 5.41) is 11.5. The van der Waals surface area contributed by atoms with Crippen LogP contribution in [0.5, 0.6) is 0 Å². The van der Waals surface area contributed by atoms with Crippen molar-refractivity contribution in [1.82, 2.24) is 9.88 Å². The Kier molecular flexibility index (Phi) is 8.89. The largest absolute Gasteiger partial charge is 0.302 e. The number of amides is 1. The van der Waals surface area contributed by atoms with Crippen LogP contribution in [0.25, 0.3) is 10.2 Å². The Morgan fingerprint density at radius 1 is 1.12 bits per heavy atom. The summed E-state index contributed by atoms with van der Waals surface area (Å²) in [5.74, 6) is -0.379. The number of hydrogen-bond acceptors (Lipinski definition) is 8. The number of carbonyl (C=O) groups excluding carboxylic acids is 1. The number of halogens is 1. The summed E-state index contributed by atoms with van der Waals surface area (Å²) in [7, 11) is -3.47. The Morgan fingerprint density at radius 2 is 1.82 bits per heavy atom. The monoisotopic (exact) mass is 512 g/mol. The average Bonchev–Trinajstić information content (AvgIpc) is 3.19. The fraction of sp³-hybridized carbons (Fsp3) is 0.333. The van der Waals surface area contributed by atoms with Gasteiger partial charge in [0.05, 0.1) is 20.0 Å². The zero-order chi connectivity index (χ0) is 23.5. The van der Waals surface area contributed by atoms with Gasteiger partial charge < -0.3 is 4.90 Å². The summed E-state index contributed by atoms with van der Waals surface area (Å²) < 4.78 is 24.5. The first kappa shape index (κ1) is 26.7. The van der Waals surface area contributed by atoms with Crippen LogP contribution in [0.15, 0.2) is 47.4 Å². The number of anilines is 1. The van der Waals surface area contributed by atoms with Gasteiger partial charge in [0.15, 0.2) is 15.0 Å². The number of likely N-dealkylation sites (N-methyl/N-ethyl adjacent to an activating group) is 1. The van der Waals surface area contributed by atoms with Crippen molar-refractivity contribution >= 4 is 60.5 Å². The molecule has 2 aromatic carbocycles. The molecule has 1 amide bonds. The molecule has 33 heavy (non-hydrogen) atoms. The van der Waals surface area contributed by atoms with Crippen LogP contribution in [0, 0.1) is 10.1 Å². The highest BCUT2D eigenvalue weighted by molar-refractivity contribution is 7.90. The van der Waals surface area contributed by atoms with Crippen molar-refractivity contribution in [2.45, 2.75) is 18.7 Å². The molecule has 1 aromatic heterocycles. The van der Waals surface area contributed by atoms with E-state index in [0.29, 0.717) is 28.4 Å². The summed E-state index contributed by atoms with van der Waals surface area (Å²) in [5.41, 5.74) is 0.744. The van der Waals surface area contributed by atoms with Crippen molar-refractivity contribution < 1.29 is 18.1 Å². The van der Waals surface area contributed by atoms with Crippen LogP contribution in [-0.4, -0.2) is 61.6 Å². The molecule has 0 spiro atoms. The Balaban J connectivity index is 0.00000385. The zero-order valence-corrected chi connectivity index (χ0v) is 20.9. The average molecular weight is 513 g/mol. The summed E-state index contributed by atoms with van der Waals surface area (Å²) in [6.07, 6.45) is 1.09. The van der Waals surface area contributed by atoms with E-state index >= 15 is 0 Å². The van der Waals surface area contributed by atoms with E-state index < -0.39 is 14.8 Å². The lowest BCUT2D eigenvalue weighted by Gasteiger charge is -2.24. The van der Waals surface area contributed by atoms with Crippen LogP contribution in [0.4, 0.5) is 10.8 Å². The lowest BCUT2D eigenvalue weighted by molar-refractivity contribution is -0.384. The molecule has 1 heterocycles. The van der Waals surface area contributed by atoms with Crippen molar-refractivity contribution in [1.29, 1.82) is 0 Å². The highest BCUT2D eigenvalue weighted by Crippen LogP contribution is 2.32. The second-order valence-electron chi connectivity index (χ2n) is 7.19. The number of hydrogen-bond donors (Lipinski definition) is 0. The summed E-state index contributed by atoms with van der Waals surface area (Å²) in [4.78, 5) is 32.3. The van der Waals surface area contributed by atoms with Gasteiger partial charge in [0, 0.05) is 37.0 Å². The van der Waals surface area contributed by atoms with Crippen LogP contribution in [0.2, 0.25) is 0 Å². The minimum absolute atomic E-state index is 0. The smallest absolute Gasteiger partial charge is 0.270 e. The van der Waals surface area contributed by atoms with E-state index in [9.17, 15) is 23.3 Å². The van der Waals surface area contributed by atoms with E-state index in [1.165, 1.54) is 46.6 Å². The fourth-order valence-corrected chi connectivity index (χ4v) is 4.90. The van der Waals surface area contributed by atoms with Gasteiger partial charge in [-0.05, 0) is 37.4 Å². The van der Waals surface area contributed by atoms with Gasteiger partial charge in [-0.25, -0.2) is 13.4 Å². The van der Waals surface area contributed by atoms with Gasteiger partial charge in [-0.3, -0.25) is 19.8 Å². The Labute approximate surface area is 202 Å². The van der Waals surface area contributed by atoms with Crippen LogP contribution < -0.4 is 4.90 Å². The molecule has 0 radical (unpaired) electrons. The normalized spacial score (nSPS) is 11.4. The van der Waals surface area contributed by atoms with Gasteiger partial charge in [-0.15, -0.1) is 12.4 Å². The van der Waals surface area contributed by atoms with Crippen molar-refractivity contribution in [3.05, 3.63) is 58.1 Å². The van der Waals surface area contributed by atoms with Crippen LogP contribution >= 0.6 is 23.7 Å². The van der Waals surface area contributed by atoms with Crippen molar-refractivity contribution in [2.75, 3.05) is 37.3 Å². The second kappa shape index (κ2) is 11.0. The van der Waals surface area contributed by atoms with Crippen molar-refractivity contribution in [3.63, 3.8) is 0 Å². The molecular formula is C21H25ClN4O5S2. The number of sulfone groups is 1. The molecule has 12 heteroatoms. The number of benzene rings is 2. The van der Waals surface area contributed by atoms with E-state index in [0.717, 1.165) is 19.3 Å². The van der Waals surface area contributed by atoms with E-state index in [2.05, 4.69) is 9.88 Å². The number of non-ortho nitro benzene ring substituents is 1. The highest BCUT2D eigenvalue weighted by atomic mass is 35.5. The Morgan fingerprint density at radius 3 is 2.42 bits per heavy atom. The predicted molar refractivity (Wildman–Crippen MR) is 133 cm³/mol. The summed E-state index contributed by atoms with van der Waals surface area (Å²) in [6, 6.07) is 10.3. The van der Waals surface area contributed by atoms with Gasteiger partial charge in [0.1, 0.15) is 0 Å². The molecule has 3 rings (SSSR count). The molecule has 0 N–H and O–H groups in total. The maximum absolute atomic E-state index is 13.4. The van der Waals surface area contributed by atoms with Crippen molar-refractivity contribution in [2.24, 2.45) is 0 Å². The standard InChI is InChI=1S/C21H24N4O5S2.ClH/c1-4-23(5-2)11-12-24(20(26)15-7-6-8-17(13-15)32(3,29)30)21-22-18-10-9-16(25(27)28)14-19(18)31-21;/h6-10,13-14H,4-5,11-12H2,1-3H3;1H. The van der Waals surface area contributed by atoms with Crippen LogP contribution in [0.1, 0.15) is 24.2 Å². The molecule has 0 aliphatic rings. The maximum Gasteiger partial charge on any atom is 0.270 e. The molecule has 0 fully saturated rings. The fourth-order valence-electron chi connectivity index (χ4n) is 3.21. The SMILES string of the molecule is CCN(CC)CCN(C(=O)c1cccc(S(C)(=O)=O)c1)c1nc2ccc([N+](=O)[O-])cc2s1.Cl. The minimum atomic E-state index is -3.47. The topological polar surface area (TPSA) is 114 Å². The quantitative estimate of drug-likeness (QED) is 0.314. The van der Waals surface area contributed by atoms with Gasteiger partial charge >= 0.3 is 0 Å². The molecule has 9 nitrogen and oxygen atoms in total. The molecule has 0 aliphatic heterocycles. The first-order chi connectivity index (χ1) is 15.1. The van der Waals surface area contributed by atoms with E-state index in [-0.39, 0.29) is 34.5 Å². The number of aromatic nitrogens is 1. The number of rotatable bonds is 9. The van der Waals surface area contributed by atoms with Crippen LogP contribution in [-0.2, 0) is 9.84 Å². The molecular weight excluding hydrogens is 488 g/mol. The number of nitrogens with zero attached hydrogens (tertiary/aromatic N) is 4. The van der Waals surface area contributed by atoms with E-state index in [4.69, 9.17) is 0 Å². The first-order valence-corrected chi connectivity index (χ1v) is 12.7. The van der Waals surface area contributed by atoms with Gasteiger partial charge in [0.25, 0.3) is 11.6 Å².